The van der Waals surface area contributed by atoms with Crippen LogP contribution >= 0.6 is 0 Å². The summed E-state index contributed by atoms with van der Waals surface area (Å²) in [5.74, 6) is 0.801. The zero-order chi connectivity index (χ0) is 15.5. The lowest BCUT2D eigenvalue weighted by Gasteiger charge is -2.33. The van der Waals surface area contributed by atoms with Gasteiger partial charge in [0.2, 0.25) is 0 Å². The highest BCUT2D eigenvalue weighted by Gasteiger charge is 2.23. The topological polar surface area (TPSA) is 75.9 Å². The average molecular weight is 300 g/mol. The van der Waals surface area contributed by atoms with Gasteiger partial charge in [0.05, 0.1) is 23.7 Å². The second-order valence-electron chi connectivity index (χ2n) is 5.68. The first-order valence-corrected chi connectivity index (χ1v) is 7.45. The first kappa shape index (κ1) is 14.5. The van der Waals surface area contributed by atoms with Crippen LogP contribution in [0.4, 0.5) is 5.82 Å². The molecule has 22 heavy (non-hydrogen) atoms. The monoisotopic (exact) mass is 300 g/mol. The molecule has 7 heteroatoms. The van der Waals surface area contributed by atoms with Crippen LogP contribution in [0.15, 0.2) is 24.8 Å². The van der Waals surface area contributed by atoms with Crippen LogP contribution in [0.1, 0.15) is 28.9 Å². The second kappa shape index (κ2) is 6.13. The van der Waals surface area contributed by atoms with Gasteiger partial charge in [-0.2, -0.15) is 5.10 Å². The lowest BCUT2D eigenvalue weighted by molar-refractivity contribution is 0.0933. The van der Waals surface area contributed by atoms with E-state index in [2.05, 4.69) is 25.3 Å². The molecule has 0 radical (unpaired) electrons. The number of carbonyl (C=O) groups is 1. The number of nitrogens with one attached hydrogen (secondary N) is 1. The van der Waals surface area contributed by atoms with Gasteiger partial charge in [-0.3, -0.25) is 14.5 Å². The summed E-state index contributed by atoms with van der Waals surface area (Å²) < 4.78 is 1.63. The predicted molar refractivity (Wildman–Crippen MR) is 82.7 cm³/mol. The Balaban J connectivity index is 1.64. The molecule has 3 heterocycles. The van der Waals surface area contributed by atoms with Gasteiger partial charge in [-0.1, -0.05) is 0 Å². The van der Waals surface area contributed by atoms with E-state index in [4.69, 9.17) is 0 Å². The Morgan fingerprint density at radius 3 is 2.95 bits per heavy atom. The molecule has 0 aliphatic carbocycles. The van der Waals surface area contributed by atoms with Crippen molar-refractivity contribution in [3.8, 4) is 0 Å². The average Bonchev–Trinajstić information content (AvgIpc) is 2.94. The Labute approximate surface area is 129 Å². The van der Waals surface area contributed by atoms with Crippen molar-refractivity contribution in [3.05, 3.63) is 36.0 Å². The molecular formula is C15H20N6O. The minimum atomic E-state index is -0.0738. The van der Waals surface area contributed by atoms with E-state index in [1.54, 1.807) is 36.5 Å². The quantitative estimate of drug-likeness (QED) is 0.912. The van der Waals surface area contributed by atoms with E-state index in [-0.39, 0.29) is 11.9 Å². The van der Waals surface area contributed by atoms with Crippen LogP contribution < -0.4 is 10.2 Å². The molecule has 1 unspecified atom stereocenters. The van der Waals surface area contributed by atoms with E-state index in [9.17, 15) is 4.79 Å². The number of hydrogen-bond acceptors (Lipinski definition) is 5. The Morgan fingerprint density at radius 1 is 1.36 bits per heavy atom. The Kier molecular flexibility index (Phi) is 4.04. The fourth-order valence-corrected chi connectivity index (χ4v) is 2.71. The number of nitrogens with zero attached hydrogens (tertiary/aromatic N) is 5. The van der Waals surface area contributed by atoms with Crippen LogP contribution in [0, 0.1) is 6.92 Å². The second-order valence-corrected chi connectivity index (χ2v) is 5.68. The van der Waals surface area contributed by atoms with E-state index in [0.29, 0.717) is 5.56 Å². The van der Waals surface area contributed by atoms with Gasteiger partial charge in [-0.15, -0.1) is 0 Å². The maximum Gasteiger partial charge on any atom is 0.254 e. The molecule has 3 rings (SSSR count). The smallest absolute Gasteiger partial charge is 0.254 e. The van der Waals surface area contributed by atoms with E-state index in [1.165, 1.54) is 0 Å². The molecule has 1 amide bonds. The Hall–Kier alpha value is -2.44. The molecule has 0 saturated carbocycles. The van der Waals surface area contributed by atoms with Gasteiger partial charge in [0.15, 0.2) is 0 Å². The highest BCUT2D eigenvalue weighted by atomic mass is 16.1. The summed E-state index contributed by atoms with van der Waals surface area (Å²) in [6.45, 7) is 3.63. The van der Waals surface area contributed by atoms with Crippen molar-refractivity contribution in [3.63, 3.8) is 0 Å². The van der Waals surface area contributed by atoms with Crippen LogP contribution in [-0.4, -0.2) is 44.8 Å². The van der Waals surface area contributed by atoms with Gasteiger partial charge in [0.1, 0.15) is 5.82 Å². The largest absolute Gasteiger partial charge is 0.353 e. The molecule has 1 N–H and O–H groups in total. The van der Waals surface area contributed by atoms with Gasteiger partial charge in [-0.25, -0.2) is 4.98 Å². The summed E-state index contributed by atoms with van der Waals surface area (Å²) in [5, 5.41) is 7.11. The van der Waals surface area contributed by atoms with E-state index >= 15 is 0 Å². The van der Waals surface area contributed by atoms with Crippen molar-refractivity contribution in [2.24, 2.45) is 7.05 Å². The molecule has 1 aliphatic rings. The van der Waals surface area contributed by atoms with E-state index < -0.39 is 0 Å². The summed E-state index contributed by atoms with van der Waals surface area (Å²) in [6, 6.07) is 0.115. The van der Waals surface area contributed by atoms with Gasteiger partial charge in [-0.05, 0) is 19.8 Å². The molecule has 0 bridgehead atoms. The fraction of sp³-hybridized carbons (Fsp3) is 0.467. The van der Waals surface area contributed by atoms with Crippen LogP contribution in [-0.2, 0) is 7.05 Å². The third kappa shape index (κ3) is 3.24. The number of aromatic nitrogens is 4. The van der Waals surface area contributed by atoms with Crippen LogP contribution in [0.25, 0.3) is 0 Å². The van der Waals surface area contributed by atoms with Crippen molar-refractivity contribution in [1.29, 1.82) is 0 Å². The van der Waals surface area contributed by atoms with Gasteiger partial charge < -0.3 is 10.2 Å². The lowest BCUT2D eigenvalue weighted by atomic mass is 10.1. The van der Waals surface area contributed by atoms with Crippen LogP contribution in [0.5, 0.6) is 0 Å². The number of hydrogen-bond donors (Lipinski definition) is 1. The van der Waals surface area contributed by atoms with Crippen LogP contribution in [0.3, 0.4) is 0 Å². The number of carbonyl (C=O) groups excluding carboxylic acids is 1. The molecule has 0 spiro atoms. The zero-order valence-corrected chi connectivity index (χ0v) is 12.9. The standard InChI is InChI=1S/C15H20N6O/c1-11-6-16-8-14(18-11)21-5-3-4-13(10-21)19-15(22)12-7-17-20(2)9-12/h6-9,13H,3-5,10H2,1-2H3,(H,19,22). The zero-order valence-electron chi connectivity index (χ0n) is 12.9. The van der Waals surface area contributed by atoms with E-state index in [1.807, 2.05) is 6.92 Å². The molecule has 2 aromatic rings. The van der Waals surface area contributed by atoms with Crippen molar-refractivity contribution >= 4 is 11.7 Å². The minimum Gasteiger partial charge on any atom is -0.353 e. The van der Waals surface area contributed by atoms with Crippen molar-refractivity contribution in [2.45, 2.75) is 25.8 Å². The molecule has 0 aromatic carbocycles. The maximum absolute atomic E-state index is 12.2. The molecule has 2 aromatic heterocycles. The Bertz CT molecular complexity index is 668. The number of rotatable bonds is 3. The van der Waals surface area contributed by atoms with Gasteiger partial charge in [0, 0.05) is 38.6 Å². The summed E-state index contributed by atoms with van der Waals surface area (Å²) in [7, 11) is 1.80. The van der Waals surface area contributed by atoms with Crippen LogP contribution in [0.2, 0.25) is 0 Å². The highest BCUT2D eigenvalue weighted by Crippen LogP contribution is 2.17. The molecule has 1 aliphatic heterocycles. The third-order valence-electron chi connectivity index (χ3n) is 3.79. The third-order valence-corrected chi connectivity index (χ3v) is 3.79. The molecule has 1 fully saturated rings. The van der Waals surface area contributed by atoms with Gasteiger partial charge in [0.25, 0.3) is 5.91 Å². The summed E-state index contributed by atoms with van der Waals surface area (Å²) in [4.78, 5) is 23.1. The number of piperidine rings is 1. The molecule has 116 valence electrons. The Morgan fingerprint density at radius 2 is 2.23 bits per heavy atom. The summed E-state index contributed by atoms with van der Waals surface area (Å²) in [6.07, 6.45) is 8.83. The molecule has 1 atom stereocenters. The maximum atomic E-state index is 12.2. The normalized spacial score (nSPS) is 18.3. The summed E-state index contributed by atoms with van der Waals surface area (Å²) in [5.41, 5.74) is 1.49. The van der Waals surface area contributed by atoms with Gasteiger partial charge >= 0.3 is 0 Å². The molecule has 1 saturated heterocycles. The molecule has 7 nitrogen and oxygen atoms in total. The van der Waals surface area contributed by atoms with Crippen molar-refractivity contribution < 1.29 is 4.79 Å². The highest BCUT2D eigenvalue weighted by molar-refractivity contribution is 5.93. The first-order valence-electron chi connectivity index (χ1n) is 7.45. The predicted octanol–water partition coefficient (Wildman–Crippen LogP) is 0.917. The minimum absolute atomic E-state index is 0.0738. The van der Waals surface area contributed by atoms with E-state index in [0.717, 1.165) is 37.4 Å². The summed E-state index contributed by atoms with van der Waals surface area (Å²) >= 11 is 0. The van der Waals surface area contributed by atoms with Crippen molar-refractivity contribution in [2.75, 3.05) is 18.0 Å². The number of amides is 1. The lowest BCUT2D eigenvalue weighted by Crippen LogP contribution is -2.48. The SMILES string of the molecule is Cc1cncc(N2CCCC(NC(=O)c3cnn(C)c3)C2)n1. The first-order chi connectivity index (χ1) is 10.6. The van der Waals surface area contributed by atoms with Crippen molar-refractivity contribution in [1.82, 2.24) is 25.1 Å². The number of aryl methyl sites for hydroxylation is 2. The fourth-order valence-electron chi connectivity index (χ4n) is 2.71. The number of anilines is 1. The molecular weight excluding hydrogens is 280 g/mol.